The van der Waals surface area contributed by atoms with Gasteiger partial charge >= 0.3 is 0 Å². The van der Waals surface area contributed by atoms with Crippen LogP contribution in [0.4, 0.5) is 45.5 Å². The lowest BCUT2D eigenvalue weighted by atomic mass is 9.82. The number of rotatable bonds is 37. The zero-order valence-electron chi connectivity index (χ0n) is 78.4. The Bertz CT molecular complexity index is 4770. The first kappa shape index (κ1) is 108. The lowest BCUT2D eigenvalue weighted by Crippen LogP contribution is -2.44. The van der Waals surface area contributed by atoms with Gasteiger partial charge in [-0.05, 0) is 178 Å². The number of unbranched alkanes of at least 4 members (excludes halogenated alkanes) is 3. The summed E-state index contributed by atoms with van der Waals surface area (Å²) < 4.78 is 5.42. The zero-order chi connectivity index (χ0) is 91.3. The van der Waals surface area contributed by atoms with Crippen molar-refractivity contribution < 1.29 is 4.74 Å². The van der Waals surface area contributed by atoms with Crippen LogP contribution in [0.25, 0.3) is 0 Å². The van der Waals surface area contributed by atoms with Crippen LogP contribution in [0.3, 0.4) is 0 Å². The highest BCUT2D eigenvalue weighted by Crippen LogP contribution is 2.30. The Hall–Kier alpha value is -8.24. The molecule has 0 fully saturated rings. The molecule has 0 unspecified atom stereocenters. The highest BCUT2D eigenvalue weighted by Gasteiger charge is 2.34. The molecule has 0 spiro atoms. The highest BCUT2D eigenvalue weighted by atomic mass is 16.5. The van der Waals surface area contributed by atoms with Crippen molar-refractivity contribution in [3.8, 4) is 0 Å². The van der Waals surface area contributed by atoms with Gasteiger partial charge < -0.3 is 66.9 Å². The van der Waals surface area contributed by atoms with Crippen molar-refractivity contribution in [2.45, 2.75) is 251 Å². The first-order valence-corrected chi connectivity index (χ1v) is 41.8. The van der Waals surface area contributed by atoms with Gasteiger partial charge in [0.2, 0.25) is 65.1 Å². The van der Waals surface area contributed by atoms with Gasteiger partial charge in [0.15, 0.2) is 0 Å². The van der Waals surface area contributed by atoms with Crippen molar-refractivity contribution >= 4 is 45.5 Å². The van der Waals surface area contributed by atoms with Crippen LogP contribution < -0.4 is 119 Å². The molecule has 0 aliphatic carbocycles. The first-order chi connectivity index (χ1) is 54.1. The minimum Gasteiger partial charge on any atom is -0.385 e. The third-order valence-electron chi connectivity index (χ3n) is 19.4. The summed E-state index contributed by atoms with van der Waals surface area (Å²) in [6, 6.07) is 0. The van der Waals surface area contributed by atoms with Gasteiger partial charge in [0.25, 0.3) is 10.9 Å². The standard InChI is InChI=1S/C14H24N2O3.C14H24N2O2.C14H23NO2.C13H22N2O2.2C12H20N2O2.C12H19NO2/c1-14(2,3)10-11(13(18)12(10)17)15-6-8-19-9-7-16(4)5;1-14(2,3)10-11(13(18)12(10)17)15-8-6-7-9-16(4)5;1-14(2,3)9-7-5-6-8-10-11(15-4)13(17)12(10)16;1-13(2,3)9-10(12(17)11(9)16)14-7-6-8-15(4)5;1-12(2,3)8-9(11(16)10(8)15)13-6-7-14(4)5;1-12(2,3)6-5-7-14-9-8(13-4)10(15)11(9)16;1-12(2,3)7-5-6-8-9(13-4)11(15)10(8)14/h15H,6-9H2,1-5H3;15H,6-9H2,1-5H3;15H,5-9H2,1-4H3;14H,6-8H2,1-5H3;13H,6-7H2,1-5H3;13-14H,5-7H2,1-4H3;13H,5-7H2,1-4H3. The third-order valence-corrected chi connectivity index (χ3v) is 19.4. The quantitative estimate of drug-likeness (QED) is 0.0133. The fourth-order valence-electron chi connectivity index (χ4n) is 12.9. The molecule has 0 saturated heterocycles. The molecule has 7 aromatic carbocycles. The van der Waals surface area contributed by atoms with Gasteiger partial charge in [-0.25, -0.2) is 0 Å². The second-order valence-electron chi connectivity index (χ2n) is 39.5. The van der Waals surface area contributed by atoms with E-state index >= 15 is 0 Å². The van der Waals surface area contributed by atoms with Crippen LogP contribution in [0.15, 0.2) is 67.1 Å². The number of anilines is 8. The van der Waals surface area contributed by atoms with Crippen LogP contribution in [-0.4, -0.2) is 169 Å². The molecule has 0 aromatic heterocycles. The van der Waals surface area contributed by atoms with Gasteiger partial charge in [-0.2, -0.15) is 0 Å². The predicted octanol–water partition coefficient (Wildman–Crippen LogP) is 9.13. The molecule has 0 atom stereocenters. The fraction of sp³-hybridized carbons (Fsp3) is 0.692. The summed E-state index contributed by atoms with van der Waals surface area (Å²) >= 11 is 0. The van der Waals surface area contributed by atoms with Crippen molar-refractivity contribution in [1.82, 2.24) is 19.6 Å². The van der Waals surface area contributed by atoms with Gasteiger partial charge in [0.05, 0.1) is 47.3 Å². The predicted molar refractivity (Wildman–Crippen MR) is 497 cm³/mol. The van der Waals surface area contributed by atoms with Crippen LogP contribution >= 0.6 is 0 Å². The van der Waals surface area contributed by atoms with Gasteiger partial charge in [-0.1, -0.05) is 158 Å². The van der Waals surface area contributed by atoms with E-state index < -0.39 is 16.3 Å². The minimum atomic E-state index is -0.416. The summed E-state index contributed by atoms with van der Waals surface area (Å²) in [6.45, 7) is 51.5. The molecule has 27 heteroatoms. The summed E-state index contributed by atoms with van der Waals surface area (Å²) in [7, 11) is 21.0. The molecule has 0 amide bonds. The van der Waals surface area contributed by atoms with Gasteiger partial charge in [-0.15, -0.1) is 0 Å². The van der Waals surface area contributed by atoms with E-state index in [1.807, 2.05) is 149 Å². The van der Waals surface area contributed by atoms with Crippen molar-refractivity contribution in [2.24, 2.45) is 16.2 Å². The summed E-state index contributed by atoms with van der Waals surface area (Å²) in [6.07, 6.45) is 13.1. The average molecular weight is 1650 g/mol. The molecule has 7 rings (SSSR count). The summed E-state index contributed by atoms with van der Waals surface area (Å²) in [5.74, 6) is 0. The Morgan fingerprint density at radius 3 is 0.864 bits per heavy atom. The molecule has 666 valence electrons. The first-order valence-electron chi connectivity index (χ1n) is 41.8. The fourth-order valence-corrected chi connectivity index (χ4v) is 12.9. The van der Waals surface area contributed by atoms with Crippen molar-refractivity contribution in [1.29, 1.82) is 0 Å². The zero-order valence-corrected chi connectivity index (χ0v) is 78.4. The maximum Gasteiger partial charge on any atom is 0.253 e. The number of nitrogens with one attached hydrogen (secondary N) is 8. The second-order valence-corrected chi connectivity index (χ2v) is 39.5. The summed E-state index contributed by atoms with van der Waals surface area (Å²) in [5.41, 5.74) is 2.87. The molecule has 0 saturated carbocycles. The molecule has 0 aliphatic rings. The minimum absolute atomic E-state index is 0.253. The van der Waals surface area contributed by atoms with Crippen molar-refractivity contribution in [3.05, 3.63) is 177 Å². The van der Waals surface area contributed by atoms with E-state index in [0.29, 0.717) is 116 Å². The van der Waals surface area contributed by atoms with E-state index in [1.54, 1.807) is 21.1 Å². The molecule has 118 heavy (non-hydrogen) atoms. The van der Waals surface area contributed by atoms with Crippen molar-refractivity contribution in [3.63, 3.8) is 0 Å². The molecule has 0 aliphatic heterocycles. The van der Waals surface area contributed by atoms with E-state index in [1.165, 1.54) is 12.8 Å². The number of nitrogens with zero attached hydrogens (tertiary/aromatic N) is 4. The van der Waals surface area contributed by atoms with E-state index in [2.05, 4.69) is 115 Å². The highest BCUT2D eigenvalue weighted by molar-refractivity contribution is 5.73. The van der Waals surface area contributed by atoms with Crippen LogP contribution in [0.1, 0.15) is 249 Å². The number of hydrogen-bond acceptors (Lipinski definition) is 27. The molecule has 27 nitrogen and oxygen atoms in total. The molecule has 0 radical (unpaired) electrons. The average Bonchev–Trinajstić information content (AvgIpc) is 0.765. The van der Waals surface area contributed by atoms with E-state index in [-0.39, 0.29) is 86.8 Å². The second kappa shape index (κ2) is 47.7. The normalized spacial score (nSPS) is 12.2. The Morgan fingerprint density at radius 1 is 0.237 bits per heavy atom. The SMILES string of the molecule is CN(C)CCCCNc1c(C(C)(C)C)c(=O)c1=O.CN(C)CCCNc1c(C(C)(C)C)c(=O)c1=O.CN(C)CCNc1c(C(C)(C)C)c(=O)c1=O.CN(C)CCOCCNc1c(C(C)(C)C)c(=O)c1=O.CNc1c(CCCC(C)(C)C)c(=O)c1=O.CNc1c(CCCCCC(C)(C)C)c(=O)c1=O.CNc1c(NCCCC(C)(C)C)c(=O)c1=O. The molecule has 8 N–H and O–H groups in total. The van der Waals surface area contributed by atoms with E-state index in [9.17, 15) is 67.1 Å². The molecular weight excluding hydrogens is 1500 g/mol. The Morgan fingerprint density at radius 2 is 0.517 bits per heavy atom. The van der Waals surface area contributed by atoms with Gasteiger partial charge in [-0.3, -0.25) is 67.1 Å². The topological polar surface area (TPSA) is 357 Å². The lowest BCUT2D eigenvalue weighted by molar-refractivity contribution is 0.126. The van der Waals surface area contributed by atoms with Crippen LogP contribution in [0.5, 0.6) is 0 Å². The number of likely N-dealkylation sites (N-methyl/N-ethyl adjacent to an activating group) is 2. The maximum absolute atomic E-state index is 11.5. The molecule has 7 aromatic rings. The Kier molecular flexibility index (Phi) is 43.5. The van der Waals surface area contributed by atoms with Crippen LogP contribution in [0, 0.1) is 16.2 Å². The van der Waals surface area contributed by atoms with E-state index in [0.717, 1.165) is 116 Å². The van der Waals surface area contributed by atoms with Gasteiger partial charge in [0.1, 0.15) is 11.4 Å². The molecule has 0 bridgehead atoms. The molecular formula is C91H152N12O15. The summed E-state index contributed by atoms with van der Waals surface area (Å²) in [5, 5.41) is 23.6. The number of ether oxygens (including phenoxy) is 1. The van der Waals surface area contributed by atoms with Crippen molar-refractivity contribution in [2.75, 3.05) is 192 Å². The maximum atomic E-state index is 11.5. The number of hydrogen-bond donors (Lipinski definition) is 8. The van der Waals surface area contributed by atoms with Crippen LogP contribution in [0.2, 0.25) is 0 Å². The van der Waals surface area contributed by atoms with E-state index in [4.69, 9.17) is 4.74 Å². The third kappa shape index (κ3) is 34.8. The lowest BCUT2D eigenvalue weighted by Gasteiger charge is -2.24. The largest absolute Gasteiger partial charge is 0.385 e. The van der Waals surface area contributed by atoms with Crippen LogP contribution in [-0.2, 0) is 39.2 Å². The van der Waals surface area contributed by atoms with Gasteiger partial charge in [0, 0.05) is 100 Å². The monoisotopic (exact) mass is 1650 g/mol. The Balaban J connectivity index is 0.000000689. The summed E-state index contributed by atoms with van der Waals surface area (Å²) in [4.78, 5) is 167. The molecule has 0 heterocycles. The Labute approximate surface area is 701 Å². The smallest absolute Gasteiger partial charge is 0.253 e.